The molecule has 0 aliphatic carbocycles. The Morgan fingerprint density at radius 2 is 2.44 bits per heavy atom. The Labute approximate surface area is 97.5 Å². The average Bonchev–Trinajstić information content (AvgIpc) is 2.22. The third-order valence-corrected chi connectivity index (χ3v) is 1.97. The fraction of sp³-hybridized carbons (Fsp3) is 0.200. The van der Waals surface area contributed by atoms with E-state index in [1.165, 1.54) is 12.3 Å². The summed E-state index contributed by atoms with van der Waals surface area (Å²) in [5.41, 5.74) is 5.89. The summed E-state index contributed by atoms with van der Waals surface area (Å²) in [6, 6.07) is 1.47. The number of carbonyl (C=O) groups is 1. The highest BCUT2D eigenvalue weighted by Gasteiger charge is 2.13. The number of carboxylic acids is 1. The molecule has 0 fully saturated rings. The van der Waals surface area contributed by atoms with Crippen LogP contribution in [0.4, 0.5) is 5.69 Å². The van der Waals surface area contributed by atoms with E-state index in [9.17, 15) is 4.79 Å². The van der Waals surface area contributed by atoms with E-state index in [-0.39, 0.29) is 16.5 Å². The maximum Gasteiger partial charge on any atom is 0.356 e. The van der Waals surface area contributed by atoms with Gasteiger partial charge in [-0.25, -0.2) is 9.78 Å². The first-order chi connectivity index (χ1) is 7.56. The number of anilines is 1. The van der Waals surface area contributed by atoms with Crippen LogP contribution in [0, 0.1) is 0 Å². The summed E-state index contributed by atoms with van der Waals surface area (Å²) >= 11 is 5.67. The minimum atomic E-state index is -1.22. The average molecular weight is 243 g/mol. The number of nitrogens with zero attached hydrogens (tertiary/aromatic N) is 1. The maximum absolute atomic E-state index is 10.8. The van der Waals surface area contributed by atoms with Crippen molar-refractivity contribution in [1.82, 2.24) is 4.98 Å². The van der Waals surface area contributed by atoms with Gasteiger partial charge in [0.2, 0.25) is 0 Å². The van der Waals surface area contributed by atoms with E-state index in [0.29, 0.717) is 12.2 Å². The van der Waals surface area contributed by atoms with Gasteiger partial charge in [-0.15, -0.1) is 0 Å². The minimum Gasteiger partial charge on any atom is -0.501 e. The zero-order valence-electron chi connectivity index (χ0n) is 8.61. The lowest BCUT2D eigenvalue weighted by Crippen LogP contribution is -2.07. The number of halogens is 1. The predicted octanol–water partition coefficient (Wildman–Crippen LogP) is 2.02. The molecule has 3 N–H and O–H groups in total. The molecule has 0 amide bonds. The molecule has 0 saturated heterocycles. The largest absolute Gasteiger partial charge is 0.501 e. The quantitative estimate of drug-likeness (QED) is 0.623. The van der Waals surface area contributed by atoms with E-state index in [0.717, 1.165) is 0 Å². The van der Waals surface area contributed by atoms with Crippen LogP contribution in [0.2, 0.25) is 5.15 Å². The lowest BCUT2D eigenvalue weighted by molar-refractivity contribution is 0.0691. The zero-order chi connectivity index (χ0) is 12.1. The highest BCUT2D eigenvalue weighted by molar-refractivity contribution is 6.29. The van der Waals surface area contributed by atoms with Crippen LogP contribution in [0.5, 0.6) is 0 Å². The molecule has 1 rings (SSSR count). The Balaban J connectivity index is 3.14. The van der Waals surface area contributed by atoms with E-state index < -0.39 is 5.97 Å². The van der Waals surface area contributed by atoms with E-state index in [2.05, 4.69) is 4.98 Å². The van der Waals surface area contributed by atoms with Gasteiger partial charge in [0.25, 0.3) is 0 Å². The molecule has 0 atom stereocenters. The second-order valence-corrected chi connectivity index (χ2v) is 3.25. The Morgan fingerprint density at radius 3 is 3.00 bits per heavy atom. The van der Waals surface area contributed by atoms with Crippen molar-refractivity contribution in [2.24, 2.45) is 0 Å². The molecule has 86 valence electrons. The number of rotatable bonds is 4. The lowest BCUT2D eigenvalue weighted by atomic mass is 10.2. The second-order valence-electron chi connectivity index (χ2n) is 2.86. The molecular formula is C10H11ClN2O3. The number of ether oxygens (including phenoxy) is 1. The van der Waals surface area contributed by atoms with Gasteiger partial charge in [0.15, 0.2) is 5.69 Å². The number of carboxylic acid groups (broad SMARTS) is 1. The Bertz CT molecular complexity index is 432. The van der Waals surface area contributed by atoms with Gasteiger partial charge in [-0.05, 0) is 19.1 Å². The standard InChI is InChI=1S/C10H11ClN2O3/c1-2-16-4-3-6-5-7(11)13-9(8(6)12)10(14)15/h3-5H,2,12H2,1H3,(H,14,15). The van der Waals surface area contributed by atoms with Gasteiger partial charge in [-0.2, -0.15) is 0 Å². The smallest absolute Gasteiger partial charge is 0.356 e. The number of nitrogen functional groups attached to an aromatic ring is 1. The highest BCUT2D eigenvalue weighted by Crippen LogP contribution is 2.21. The number of hydrogen-bond donors (Lipinski definition) is 2. The van der Waals surface area contributed by atoms with Crippen molar-refractivity contribution in [3.8, 4) is 0 Å². The number of aromatic carboxylic acids is 1. The molecule has 0 aliphatic rings. The summed E-state index contributed by atoms with van der Waals surface area (Å²) < 4.78 is 4.99. The third-order valence-electron chi connectivity index (χ3n) is 1.77. The van der Waals surface area contributed by atoms with Crippen LogP contribution in [0.1, 0.15) is 23.0 Å². The number of nitrogens with two attached hydrogens (primary N) is 1. The number of aromatic nitrogens is 1. The van der Waals surface area contributed by atoms with Crippen molar-refractivity contribution in [2.75, 3.05) is 12.3 Å². The van der Waals surface area contributed by atoms with E-state index in [1.807, 2.05) is 6.92 Å². The Kier molecular flexibility index (Phi) is 4.13. The van der Waals surface area contributed by atoms with Crippen molar-refractivity contribution in [3.05, 3.63) is 28.7 Å². The van der Waals surface area contributed by atoms with Crippen LogP contribution in [0.3, 0.4) is 0 Å². The summed E-state index contributed by atoms with van der Waals surface area (Å²) in [6.45, 7) is 2.34. The van der Waals surface area contributed by atoms with Crippen LogP contribution in [0.15, 0.2) is 12.3 Å². The van der Waals surface area contributed by atoms with Crippen LogP contribution in [0.25, 0.3) is 6.08 Å². The number of hydrogen-bond acceptors (Lipinski definition) is 4. The summed E-state index contributed by atoms with van der Waals surface area (Å²) in [6.07, 6.45) is 2.96. The fourth-order valence-corrected chi connectivity index (χ4v) is 1.26. The van der Waals surface area contributed by atoms with Gasteiger partial charge in [-0.1, -0.05) is 11.6 Å². The molecule has 0 aliphatic heterocycles. The van der Waals surface area contributed by atoms with Gasteiger partial charge >= 0.3 is 5.97 Å². The molecule has 0 saturated carbocycles. The maximum atomic E-state index is 10.8. The molecule has 0 bridgehead atoms. The predicted molar refractivity (Wildman–Crippen MR) is 61.3 cm³/mol. The van der Waals surface area contributed by atoms with Crippen LogP contribution in [-0.2, 0) is 4.74 Å². The van der Waals surface area contributed by atoms with Crippen LogP contribution >= 0.6 is 11.6 Å². The van der Waals surface area contributed by atoms with E-state index in [1.54, 1.807) is 6.08 Å². The van der Waals surface area contributed by atoms with Gasteiger partial charge < -0.3 is 15.6 Å². The molecule has 5 nitrogen and oxygen atoms in total. The fourth-order valence-electron chi connectivity index (χ4n) is 1.06. The monoisotopic (exact) mass is 242 g/mol. The molecule has 0 aromatic carbocycles. The van der Waals surface area contributed by atoms with Crippen molar-refractivity contribution in [3.63, 3.8) is 0 Å². The van der Waals surface area contributed by atoms with Crippen molar-refractivity contribution >= 4 is 29.3 Å². The highest BCUT2D eigenvalue weighted by atomic mass is 35.5. The topological polar surface area (TPSA) is 85.4 Å². The summed E-state index contributed by atoms with van der Waals surface area (Å²) in [5, 5.41) is 8.90. The molecule has 6 heteroatoms. The first-order valence-electron chi connectivity index (χ1n) is 4.53. The molecule has 1 heterocycles. The lowest BCUT2D eigenvalue weighted by Gasteiger charge is -2.04. The molecule has 0 unspecified atom stereocenters. The molecule has 0 spiro atoms. The van der Waals surface area contributed by atoms with Crippen LogP contribution < -0.4 is 5.73 Å². The molecule has 1 aromatic heterocycles. The van der Waals surface area contributed by atoms with Crippen molar-refractivity contribution in [2.45, 2.75) is 6.92 Å². The van der Waals surface area contributed by atoms with Crippen molar-refractivity contribution < 1.29 is 14.6 Å². The van der Waals surface area contributed by atoms with Gasteiger partial charge in [0.1, 0.15) is 5.15 Å². The first kappa shape index (κ1) is 12.3. The molecule has 1 aromatic rings. The van der Waals surface area contributed by atoms with Crippen LogP contribution in [-0.4, -0.2) is 22.7 Å². The van der Waals surface area contributed by atoms with Gasteiger partial charge in [0.05, 0.1) is 18.6 Å². The molecule has 16 heavy (non-hydrogen) atoms. The third kappa shape index (κ3) is 2.87. The first-order valence-corrected chi connectivity index (χ1v) is 4.91. The zero-order valence-corrected chi connectivity index (χ0v) is 9.36. The van der Waals surface area contributed by atoms with E-state index >= 15 is 0 Å². The SMILES string of the molecule is CCOC=Cc1cc(Cl)nc(C(=O)O)c1N. The minimum absolute atomic E-state index is 0.0628. The van der Waals surface area contributed by atoms with Gasteiger partial charge in [0, 0.05) is 5.56 Å². The van der Waals surface area contributed by atoms with Gasteiger partial charge in [-0.3, -0.25) is 0 Å². The Morgan fingerprint density at radius 1 is 1.75 bits per heavy atom. The Hall–Kier alpha value is -1.75. The molecular weight excluding hydrogens is 232 g/mol. The van der Waals surface area contributed by atoms with Crippen molar-refractivity contribution in [1.29, 1.82) is 0 Å². The summed E-state index contributed by atoms with van der Waals surface area (Å²) in [5.74, 6) is -1.22. The summed E-state index contributed by atoms with van der Waals surface area (Å²) in [7, 11) is 0. The second kappa shape index (κ2) is 5.37. The summed E-state index contributed by atoms with van der Waals surface area (Å²) in [4.78, 5) is 14.4. The molecule has 0 radical (unpaired) electrons. The normalized spacial score (nSPS) is 10.6. The number of pyridine rings is 1. The van der Waals surface area contributed by atoms with E-state index in [4.69, 9.17) is 27.2 Å².